The summed E-state index contributed by atoms with van der Waals surface area (Å²) in [5.74, 6) is -0.500. The molecule has 6 nitrogen and oxygen atoms in total. The molecule has 1 amide bonds. The molecule has 0 radical (unpaired) electrons. The lowest BCUT2D eigenvalue weighted by atomic mass is 10.1. The second-order valence-electron chi connectivity index (χ2n) is 4.90. The fraction of sp³-hybridized carbons (Fsp3) is 0.333. The Bertz CT molecular complexity index is 724. The van der Waals surface area contributed by atoms with Crippen molar-refractivity contribution >= 4 is 15.9 Å². The minimum absolute atomic E-state index is 0.00533. The number of hydrogen-bond donors (Lipinski definition) is 1. The molecule has 0 fully saturated rings. The normalized spacial score (nSPS) is 11.3. The Hall–Kier alpha value is -2.15. The van der Waals surface area contributed by atoms with Crippen molar-refractivity contribution in [2.75, 3.05) is 0 Å². The Morgan fingerprint density at radius 1 is 1.27 bits per heavy atom. The van der Waals surface area contributed by atoms with Gasteiger partial charge in [-0.15, -0.1) is 0 Å². The number of hydrogen-bond acceptors (Lipinski definition) is 4. The molecule has 0 spiro atoms. The van der Waals surface area contributed by atoms with Gasteiger partial charge in [0.25, 0.3) is 10.0 Å². The van der Waals surface area contributed by atoms with E-state index in [4.69, 9.17) is 0 Å². The largest absolute Gasteiger partial charge is 0.274 e. The summed E-state index contributed by atoms with van der Waals surface area (Å²) >= 11 is 0. The van der Waals surface area contributed by atoms with Gasteiger partial charge >= 0.3 is 0 Å². The zero-order chi connectivity index (χ0) is 16.0. The Balaban J connectivity index is 1.85. The summed E-state index contributed by atoms with van der Waals surface area (Å²) < 4.78 is 27.6. The lowest BCUT2D eigenvalue weighted by Crippen LogP contribution is -2.30. The molecule has 22 heavy (non-hydrogen) atoms. The molecular weight excluding hydrogens is 302 g/mol. The molecular formula is C15H19N3O3S. The average molecular weight is 321 g/mol. The van der Waals surface area contributed by atoms with Crippen molar-refractivity contribution in [3.05, 3.63) is 48.3 Å². The van der Waals surface area contributed by atoms with Crippen LogP contribution in [0.4, 0.5) is 0 Å². The molecule has 0 saturated heterocycles. The van der Waals surface area contributed by atoms with Crippen LogP contribution in [0.1, 0.15) is 25.3 Å². The molecule has 1 aromatic carbocycles. The van der Waals surface area contributed by atoms with Crippen molar-refractivity contribution in [1.82, 2.24) is 14.5 Å². The Labute approximate surface area is 130 Å². The van der Waals surface area contributed by atoms with E-state index in [-0.39, 0.29) is 11.3 Å². The number of aromatic nitrogens is 2. The van der Waals surface area contributed by atoms with E-state index in [0.717, 1.165) is 12.0 Å². The highest BCUT2D eigenvalue weighted by Gasteiger charge is 2.19. The minimum atomic E-state index is -3.83. The number of rotatable bonds is 7. The summed E-state index contributed by atoms with van der Waals surface area (Å²) in [4.78, 5) is 11.8. The van der Waals surface area contributed by atoms with E-state index in [2.05, 4.69) is 9.82 Å². The monoisotopic (exact) mass is 321 g/mol. The van der Waals surface area contributed by atoms with Crippen LogP contribution in [0.5, 0.6) is 0 Å². The average Bonchev–Trinajstić information content (AvgIpc) is 2.98. The third-order valence-corrected chi connectivity index (χ3v) is 4.53. The molecule has 1 heterocycles. The molecule has 0 bridgehead atoms. The Morgan fingerprint density at radius 3 is 2.64 bits per heavy atom. The molecule has 7 heteroatoms. The number of benzene rings is 1. The highest BCUT2D eigenvalue weighted by atomic mass is 32.2. The van der Waals surface area contributed by atoms with E-state index in [1.54, 1.807) is 0 Å². The summed E-state index contributed by atoms with van der Waals surface area (Å²) in [6, 6.07) is 9.76. The van der Waals surface area contributed by atoms with Gasteiger partial charge in [0.1, 0.15) is 4.90 Å². The smallest absolute Gasteiger partial charge is 0.267 e. The van der Waals surface area contributed by atoms with Gasteiger partial charge in [-0.3, -0.25) is 9.48 Å². The van der Waals surface area contributed by atoms with Gasteiger partial charge in [-0.1, -0.05) is 30.3 Å². The van der Waals surface area contributed by atoms with Gasteiger partial charge in [0.05, 0.1) is 6.20 Å². The molecule has 1 N–H and O–H groups in total. The topological polar surface area (TPSA) is 81.1 Å². The van der Waals surface area contributed by atoms with Crippen LogP contribution in [0.3, 0.4) is 0 Å². The van der Waals surface area contributed by atoms with Crippen molar-refractivity contribution in [3.8, 4) is 0 Å². The molecule has 0 aliphatic rings. The van der Waals surface area contributed by atoms with E-state index < -0.39 is 15.9 Å². The number of carbonyl (C=O) groups is 1. The molecule has 0 atom stereocenters. The van der Waals surface area contributed by atoms with Crippen molar-refractivity contribution in [1.29, 1.82) is 0 Å². The first-order valence-electron chi connectivity index (χ1n) is 7.13. The summed E-state index contributed by atoms with van der Waals surface area (Å²) in [7, 11) is -3.83. The van der Waals surface area contributed by atoms with Crippen LogP contribution in [0.2, 0.25) is 0 Å². The number of carbonyl (C=O) groups excluding carboxylic acids is 1. The van der Waals surface area contributed by atoms with Gasteiger partial charge in [-0.05, 0) is 25.3 Å². The molecule has 0 saturated carbocycles. The fourth-order valence-electron chi connectivity index (χ4n) is 2.01. The number of nitrogens with zero attached hydrogens (tertiary/aromatic N) is 2. The van der Waals surface area contributed by atoms with E-state index >= 15 is 0 Å². The van der Waals surface area contributed by atoms with E-state index in [1.807, 2.05) is 37.3 Å². The molecule has 0 aliphatic heterocycles. The zero-order valence-corrected chi connectivity index (χ0v) is 13.2. The summed E-state index contributed by atoms with van der Waals surface area (Å²) in [5.41, 5.74) is 1.13. The maximum Gasteiger partial charge on any atom is 0.267 e. The maximum absolute atomic E-state index is 12.0. The minimum Gasteiger partial charge on any atom is -0.274 e. The van der Waals surface area contributed by atoms with Gasteiger partial charge in [0, 0.05) is 19.2 Å². The van der Waals surface area contributed by atoms with Crippen LogP contribution in [-0.2, 0) is 27.8 Å². The highest BCUT2D eigenvalue weighted by molar-refractivity contribution is 7.90. The zero-order valence-electron chi connectivity index (χ0n) is 12.4. The molecule has 2 rings (SSSR count). The second kappa shape index (κ2) is 7.22. The predicted molar refractivity (Wildman–Crippen MR) is 82.6 cm³/mol. The quantitative estimate of drug-likeness (QED) is 0.842. The fourth-order valence-corrected chi connectivity index (χ4v) is 2.98. The summed E-state index contributed by atoms with van der Waals surface area (Å²) in [6.45, 7) is 2.42. The molecule has 118 valence electrons. The molecule has 2 aromatic rings. The standard InChI is InChI=1S/C15H19N3O3S/c1-2-18-12-14(11-16-18)22(20,21)17-15(19)10-6-9-13-7-4-3-5-8-13/h3-5,7-8,11-12H,2,6,9-10H2,1H3,(H,17,19). The third-order valence-electron chi connectivity index (χ3n) is 3.20. The van der Waals surface area contributed by atoms with Crippen LogP contribution in [0.25, 0.3) is 0 Å². The summed E-state index contributed by atoms with van der Waals surface area (Å²) in [6.07, 6.45) is 4.14. The van der Waals surface area contributed by atoms with Gasteiger partial charge in [-0.2, -0.15) is 5.10 Å². The lowest BCUT2D eigenvalue weighted by molar-refractivity contribution is -0.119. The van der Waals surface area contributed by atoms with Crippen LogP contribution < -0.4 is 4.72 Å². The first-order valence-corrected chi connectivity index (χ1v) is 8.61. The molecule has 0 unspecified atom stereocenters. The van der Waals surface area contributed by atoms with E-state index in [0.29, 0.717) is 13.0 Å². The maximum atomic E-state index is 12.0. The number of nitrogens with one attached hydrogen (secondary N) is 1. The van der Waals surface area contributed by atoms with E-state index in [9.17, 15) is 13.2 Å². The first kappa shape index (κ1) is 16.2. The highest BCUT2D eigenvalue weighted by Crippen LogP contribution is 2.08. The van der Waals surface area contributed by atoms with Crippen molar-refractivity contribution in [2.24, 2.45) is 0 Å². The lowest BCUT2D eigenvalue weighted by Gasteiger charge is -2.05. The van der Waals surface area contributed by atoms with Crippen molar-refractivity contribution < 1.29 is 13.2 Å². The van der Waals surface area contributed by atoms with Gasteiger partial charge in [0.2, 0.25) is 5.91 Å². The van der Waals surface area contributed by atoms with Crippen LogP contribution in [-0.4, -0.2) is 24.1 Å². The van der Waals surface area contributed by atoms with Crippen molar-refractivity contribution in [2.45, 2.75) is 37.6 Å². The van der Waals surface area contributed by atoms with E-state index in [1.165, 1.54) is 17.1 Å². The van der Waals surface area contributed by atoms with Gasteiger partial charge in [0.15, 0.2) is 0 Å². The number of amides is 1. The summed E-state index contributed by atoms with van der Waals surface area (Å²) in [5, 5.41) is 3.90. The Morgan fingerprint density at radius 2 is 2.00 bits per heavy atom. The first-order chi connectivity index (χ1) is 10.5. The predicted octanol–water partition coefficient (Wildman–Crippen LogP) is 1.73. The second-order valence-corrected chi connectivity index (χ2v) is 6.58. The van der Waals surface area contributed by atoms with Crippen LogP contribution >= 0.6 is 0 Å². The van der Waals surface area contributed by atoms with Gasteiger partial charge in [-0.25, -0.2) is 13.1 Å². The van der Waals surface area contributed by atoms with Gasteiger partial charge < -0.3 is 0 Å². The third kappa shape index (κ3) is 4.42. The van der Waals surface area contributed by atoms with Crippen molar-refractivity contribution in [3.63, 3.8) is 0 Å². The SMILES string of the molecule is CCn1cc(S(=O)(=O)NC(=O)CCCc2ccccc2)cn1. The number of aryl methyl sites for hydroxylation is 2. The Kier molecular flexibility index (Phi) is 5.32. The van der Waals surface area contributed by atoms with Crippen LogP contribution in [0, 0.1) is 0 Å². The molecule has 0 aliphatic carbocycles. The number of sulfonamides is 1. The molecule has 1 aromatic heterocycles. The van der Waals surface area contributed by atoms with Crippen LogP contribution in [0.15, 0.2) is 47.6 Å².